The van der Waals surface area contributed by atoms with Crippen molar-refractivity contribution in [3.05, 3.63) is 99.8 Å². The maximum Gasteiger partial charge on any atom is 0.313 e. The van der Waals surface area contributed by atoms with Crippen LogP contribution < -0.4 is 15.0 Å². The second-order valence-electron chi connectivity index (χ2n) is 23.7. The smallest absolute Gasteiger partial charge is 0.313 e. The molecule has 3 fully saturated rings. The van der Waals surface area contributed by atoms with Gasteiger partial charge in [0.1, 0.15) is 11.9 Å². The number of piperidine rings is 1. The minimum absolute atomic E-state index is 0.0563. The Morgan fingerprint density at radius 3 is 2.56 bits per heavy atom. The van der Waals surface area contributed by atoms with E-state index in [4.69, 9.17) is 19.1 Å². The molecule has 5 N–H and O–H groups in total. The van der Waals surface area contributed by atoms with E-state index in [2.05, 4.69) is 109 Å². The van der Waals surface area contributed by atoms with Crippen LogP contribution in [0.25, 0.3) is 21.3 Å². The van der Waals surface area contributed by atoms with Crippen molar-refractivity contribution < 1.29 is 38.5 Å². The number of β-amino-alcohol motifs (C(OH)–C–C–N with tert-alkyl or cyclic N) is 1. The molecule has 2 saturated heterocycles. The van der Waals surface area contributed by atoms with Crippen molar-refractivity contribution in [1.29, 1.82) is 0 Å². The van der Waals surface area contributed by atoms with Crippen LogP contribution in [0, 0.1) is 11.3 Å². The van der Waals surface area contributed by atoms with Gasteiger partial charge in [0.15, 0.2) is 27.4 Å². The van der Waals surface area contributed by atoms with E-state index in [9.17, 15) is 20.1 Å². The summed E-state index contributed by atoms with van der Waals surface area (Å²) in [5, 5.41) is 47.9. The SMILES string of the molecule is CC[C@]1(O)C[C@@H](C[C@H](C(=O)OC)c2cc3c(cc2OC)N(C)[C@H]2[C@@](O)(C(=O)NCCC[Si](C)(C)O[Si](C)(C)CSc4ncc(CN=[N+]=[N-])cn4)[C@H](O)[C@]4(CC)C=CCN5CC[C@]32[C@@H]54)CN(CCc2c[nH]c3ccccc23)C1. The number of carbonyl (C=O) groups is 2. The lowest BCUT2D eigenvalue weighted by Crippen LogP contribution is -2.81. The fraction of sp³-hybridized carbons (Fsp3) is 0.607. The number of aliphatic hydroxyl groups excluding tert-OH is 1. The quantitative estimate of drug-likeness (QED) is 0.00587. The minimum atomic E-state index is -2.26. The number of nitrogens with zero attached hydrogens (tertiary/aromatic N) is 8. The highest BCUT2D eigenvalue weighted by atomic mass is 32.2. The summed E-state index contributed by atoms with van der Waals surface area (Å²) >= 11 is 1.56. The molecule has 77 heavy (non-hydrogen) atoms. The van der Waals surface area contributed by atoms with Crippen LogP contribution in [0.1, 0.15) is 80.5 Å². The largest absolute Gasteiger partial charge is 0.496 e. The van der Waals surface area contributed by atoms with E-state index in [1.54, 1.807) is 31.3 Å². The van der Waals surface area contributed by atoms with Crippen LogP contribution in [0.15, 0.2) is 77.4 Å². The highest BCUT2D eigenvalue weighted by Gasteiger charge is 2.78. The molecule has 2 aromatic heterocycles. The van der Waals surface area contributed by atoms with Gasteiger partial charge in [0.25, 0.3) is 5.91 Å². The maximum absolute atomic E-state index is 15.2. The maximum atomic E-state index is 15.2. The molecule has 0 unspecified atom stereocenters. The summed E-state index contributed by atoms with van der Waals surface area (Å²) in [6.45, 7) is 16.7. The van der Waals surface area contributed by atoms with Crippen molar-refractivity contribution in [3.8, 4) is 5.75 Å². The third-order valence-corrected chi connectivity index (χ3v) is 27.7. The third kappa shape index (κ3) is 10.6. The van der Waals surface area contributed by atoms with Gasteiger partial charge in [0.2, 0.25) is 0 Å². The number of likely N-dealkylation sites (tertiary alicyclic amines) is 1. The number of nitrogens with one attached hydrogen (secondary N) is 2. The molecule has 4 aromatic rings. The van der Waals surface area contributed by atoms with Gasteiger partial charge in [0.05, 0.1) is 38.3 Å². The summed E-state index contributed by atoms with van der Waals surface area (Å²) in [4.78, 5) is 51.4. The highest BCUT2D eigenvalue weighted by molar-refractivity contribution is 8.00. The zero-order valence-electron chi connectivity index (χ0n) is 46.4. The lowest BCUT2D eigenvalue weighted by atomic mass is 9.47. The molecule has 6 heterocycles. The number of carbonyl (C=O) groups excluding carboxylic acids is 2. The first-order valence-electron chi connectivity index (χ1n) is 27.5. The van der Waals surface area contributed by atoms with E-state index in [-0.39, 0.29) is 25.0 Å². The Hall–Kier alpha value is -4.81. The summed E-state index contributed by atoms with van der Waals surface area (Å²) in [6.07, 6.45) is 12.2. The van der Waals surface area contributed by atoms with Crippen molar-refractivity contribution in [1.82, 2.24) is 30.1 Å². The molecule has 2 aromatic carbocycles. The number of azide groups is 1. The van der Waals surface area contributed by atoms with Gasteiger partial charge in [-0.25, -0.2) is 9.97 Å². The number of esters is 1. The average Bonchev–Trinajstić information content (AvgIpc) is 4.16. The number of para-hydroxylation sites is 1. The van der Waals surface area contributed by atoms with Crippen LogP contribution in [0.5, 0.6) is 5.75 Å². The number of ether oxygens (including phenoxy) is 2. The van der Waals surface area contributed by atoms with Gasteiger partial charge in [-0.3, -0.25) is 19.4 Å². The Kier molecular flexibility index (Phi) is 16.5. The molecule has 1 spiro atoms. The van der Waals surface area contributed by atoms with Gasteiger partial charge in [-0.05, 0) is 124 Å². The molecule has 18 nitrogen and oxygen atoms in total. The first kappa shape index (κ1) is 56.9. The monoisotopic (exact) mass is 1110 g/mol. The number of aromatic nitrogens is 3. The molecule has 9 atom stereocenters. The van der Waals surface area contributed by atoms with E-state index < -0.39 is 68.6 Å². The summed E-state index contributed by atoms with van der Waals surface area (Å²) in [7, 11) is 0.491. The minimum Gasteiger partial charge on any atom is -0.496 e. The number of methoxy groups -OCH3 is 2. The number of aromatic amines is 1. The molecule has 1 saturated carbocycles. The first-order valence-corrected chi connectivity index (χ1v) is 34.7. The second kappa shape index (κ2) is 22.4. The van der Waals surface area contributed by atoms with E-state index >= 15 is 4.79 Å². The molecule has 1 amide bonds. The third-order valence-electron chi connectivity index (χ3n) is 17.9. The normalized spacial score (nSPS) is 28.4. The molecule has 5 aliphatic rings. The fourth-order valence-corrected chi connectivity index (χ4v) is 25.0. The van der Waals surface area contributed by atoms with Crippen molar-refractivity contribution in [2.75, 3.05) is 70.8 Å². The first-order chi connectivity index (χ1) is 36.7. The zero-order valence-corrected chi connectivity index (χ0v) is 49.2. The standard InChI is InChI=1S/C56H80N10O8SSi2/c1-10-53(70)29-37(34-65(35-53)23-18-39-33-59-44-17-13-12-16-40(39)44)26-42(47(67)73-5)41-27-43-45(28-46(41)72-4)64(3)49-55(43)20-24-66-22-14-19-54(11-2,48(55)66)50(68)56(49,71)51(69)58-21-15-25-76(6,7)74-77(8,9)36-75-52-60-30-38(31-61-52)32-62-63-57/h12-14,16-17,19,27-28,30-31,33,37,42,48-50,59,68,70-71H,10-11,15,18,20-26,29,32,34-36H2,1-9H3,(H,58,69)/t37-,42+,48+,49-,50-,53+,54-,55-,56+/m1/s1. The number of H-pyrrole nitrogens is 1. The number of hydrogen-bond donors (Lipinski definition) is 5. The van der Waals surface area contributed by atoms with Crippen LogP contribution in [0.2, 0.25) is 32.2 Å². The lowest BCUT2D eigenvalue weighted by Gasteiger charge is -2.63. The van der Waals surface area contributed by atoms with Crippen molar-refractivity contribution >= 4 is 56.9 Å². The molecule has 4 aliphatic heterocycles. The molecular formula is C56H80N10O8SSi2. The fourth-order valence-electron chi connectivity index (χ4n) is 14.7. The number of likely N-dealkylation sites (N-methyl/N-ethyl adjacent to an activating group) is 1. The Balaban J connectivity index is 0.965. The number of rotatable bonds is 22. The Morgan fingerprint density at radius 2 is 1.84 bits per heavy atom. The van der Waals surface area contributed by atoms with Gasteiger partial charge in [0, 0.05) is 114 Å². The number of thioether (sulfide) groups is 1. The zero-order chi connectivity index (χ0) is 55.1. The van der Waals surface area contributed by atoms with Crippen LogP contribution in [-0.4, -0.2) is 164 Å². The number of anilines is 1. The van der Waals surface area contributed by atoms with Gasteiger partial charge in [-0.1, -0.05) is 61.1 Å². The molecule has 21 heteroatoms. The molecule has 0 radical (unpaired) electrons. The number of amides is 1. The van der Waals surface area contributed by atoms with Crippen molar-refractivity contribution in [2.24, 2.45) is 16.4 Å². The number of fused-ring (bicyclic) bond motifs is 2. The number of aliphatic hydroxyl groups is 3. The average molecular weight is 1110 g/mol. The summed E-state index contributed by atoms with van der Waals surface area (Å²) in [5.74, 6) is -1.31. The predicted molar refractivity (Wildman–Crippen MR) is 305 cm³/mol. The predicted octanol–water partition coefficient (Wildman–Crippen LogP) is 7.60. The summed E-state index contributed by atoms with van der Waals surface area (Å²) < 4.78 is 18.8. The van der Waals surface area contributed by atoms with E-state index in [0.29, 0.717) is 81.2 Å². The van der Waals surface area contributed by atoms with E-state index in [0.717, 1.165) is 46.7 Å². The van der Waals surface area contributed by atoms with E-state index in [1.165, 1.54) is 18.1 Å². The number of hydrogen-bond acceptors (Lipinski definition) is 15. The molecular weight excluding hydrogens is 1030 g/mol. The van der Waals surface area contributed by atoms with Gasteiger partial charge in [-0.15, -0.1) is 0 Å². The van der Waals surface area contributed by atoms with Crippen LogP contribution >= 0.6 is 11.8 Å². The molecule has 416 valence electrons. The van der Waals surface area contributed by atoms with Crippen LogP contribution in [-0.2, 0) is 36.8 Å². The van der Waals surface area contributed by atoms with Gasteiger partial charge < -0.3 is 44.1 Å². The molecule has 1 aliphatic carbocycles. The molecule has 0 bridgehead atoms. The number of benzene rings is 2. The second-order valence-corrected chi connectivity index (χ2v) is 33.9. The Morgan fingerprint density at radius 1 is 1.08 bits per heavy atom. The topological polar surface area (TPSA) is 235 Å². The Bertz CT molecular complexity index is 2890. The van der Waals surface area contributed by atoms with Gasteiger partial charge >= 0.3 is 5.97 Å². The van der Waals surface area contributed by atoms with Gasteiger partial charge in [-0.2, -0.15) is 0 Å². The molecule has 9 rings (SSSR count). The summed E-state index contributed by atoms with van der Waals surface area (Å²) in [5.41, 5.74) is 9.07. The summed E-state index contributed by atoms with van der Waals surface area (Å²) in [6, 6.07) is 12.0. The highest BCUT2D eigenvalue weighted by Crippen LogP contribution is 2.67. The van der Waals surface area contributed by atoms with Crippen molar-refractivity contribution in [2.45, 2.75) is 143 Å². The van der Waals surface area contributed by atoms with Crippen LogP contribution in [0.3, 0.4) is 0 Å². The van der Waals surface area contributed by atoms with Crippen molar-refractivity contribution in [3.63, 3.8) is 0 Å². The van der Waals surface area contributed by atoms with E-state index in [1.807, 2.05) is 37.9 Å². The Labute approximate surface area is 459 Å². The van der Waals surface area contributed by atoms with Crippen LogP contribution in [0.4, 0.5) is 5.69 Å². The lowest BCUT2D eigenvalue weighted by molar-refractivity contribution is -0.203.